The van der Waals surface area contributed by atoms with E-state index in [4.69, 9.17) is 4.74 Å². The maximum Gasteiger partial charge on any atom is 0.461 e. The molecule has 36 heavy (non-hydrogen) atoms. The summed E-state index contributed by atoms with van der Waals surface area (Å²) in [6, 6.07) is 8.89. The van der Waals surface area contributed by atoms with Gasteiger partial charge in [-0.05, 0) is 17.7 Å². The van der Waals surface area contributed by atoms with Crippen molar-refractivity contribution in [3.63, 3.8) is 0 Å². The highest BCUT2D eigenvalue weighted by Crippen LogP contribution is 2.43. The van der Waals surface area contributed by atoms with E-state index in [1.807, 2.05) is 13.8 Å². The zero-order chi connectivity index (χ0) is 26.7. The molecule has 0 aliphatic heterocycles. The van der Waals surface area contributed by atoms with Gasteiger partial charge in [0, 0.05) is 23.9 Å². The average molecular weight is 508 g/mol. The maximum atomic E-state index is 14.3. The van der Waals surface area contributed by atoms with Gasteiger partial charge in [-0.1, -0.05) is 38.1 Å². The number of aliphatic hydroxyl groups is 1. The van der Waals surface area contributed by atoms with E-state index < -0.39 is 17.9 Å². The molecule has 3 aromatic heterocycles. The second-order valence-corrected chi connectivity index (χ2v) is 7.00. The highest BCUT2D eigenvalue weighted by atomic mass is 19.4. The summed E-state index contributed by atoms with van der Waals surface area (Å²) in [5, 5.41) is 16.5. The van der Waals surface area contributed by atoms with Gasteiger partial charge in [0.2, 0.25) is 5.82 Å². The van der Waals surface area contributed by atoms with Crippen LogP contribution in [-0.2, 0) is 17.3 Å². The normalized spacial score (nSPS) is 12.4. The van der Waals surface area contributed by atoms with Crippen molar-refractivity contribution < 1.29 is 31.8 Å². The van der Waals surface area contributed by atoms with Crippen molar-refractivity contribution in [3.8, 4) is 11.3 Å². The first-order valence-electron chi connectivity index (χ1n) is 10.5. The molecule has 13 heteroatoms. The standard InChI is InChI=1S/C21H15F5N6O2.C2H6/c1-27-31-18(34-2)14-9-32-15(28-14)8-7-13-16(12-5-3-11(10-33)4-6-12)29-19(30-17(13)32)20(22,23)21(24,25)26;1-2/h3-9,33H,1,10H2,2H3;1-2H3/b31-18-;. The van der Waals surface area contributed by atoms with Crippen LogP contribution in [0.3, 0.4) is 0 Å². The van der Waals surface area contributed by atoms with Crippen LogP contribution in [0.4, 0.5) is 22.0 Å². The SMILES string of the molecule is C=N/N=C(\OC)c1cn2c(ccc3c(-c4ccc(CO)cc4)nc(C(F)(F)C(F)(F)F)nc32)n1.CC. The monoisotopic (exact) mass is 508 g/mol. The van der Waals surface area contributed by atoms with Gasteiger partial charge in [0.05, 0.1) is 19.4 Å². The van der Waals surface area contributed by atoms with E-state index in [1.54, 1.807) is 0 Å². The average Bonchev–Trinajstić information content (AvgIpc) is 3.32. The number of imidazole rings is 1. The summed E-state index contributed by atoms with van der Waals surface area (Å²) in [5.41, 5.74) is 0.676. The Bertz CT molecular complexity index is 1410. The fraction of sp³-hybridized carbons (Fsp3) is 0.261. The third-order valence-electron chi connectivity index (χ3n) is 4.91. The predicted molar refractivity (Wildman–Crippen MR) is 124 cm³/mol. The van der Waals surface area contributed by atoms with Gasteiger partial charge in [0.15, 0.2) is 0 Å². The van der Waals surface area contributed by atoms with Gasteiger partial charge >= 0.3 is 12.1 Å². The number of rotatable bonds is 5. The number of halogens is 5. The first kappa shape index (κ1) is 26.6. The molecular weight excluding hydrogens is 487 g/mol. The topological polar surface area (TPSA) is 97.3 Å². The molecule has 3 heterocycles. The van der Waals surface area contributed by atoms with Crippen LogP contribution in [0.5, 0.6) is 0 Å². The zero-order valence-corrected chi connectivity index (χ0v) is 19.4. The second kappa shape index (κ2) is 10.3. The molecule has 0 fully saturated rings. The number of aromatic nitrogens is 4. The summed E-state index contributed by atoms with van der Waals surface area (Å²) in [7, 11) is 1.30. The quantitative estimate of drug-likeness (QED) is 0.175. The number of pyridine rings is 1. The minimum Gasteiger partial charge on any atom is -0.478 e. The lowest BCUT2D eigenvalue weighted by Crippen LogP contribution is -2.35. The largest absolute Gasteiger partial charge is 0.478 e. The zero-order valence-electron chi connectivity index (χ0n) is 19.4. The van der Waals surface area contributed by atoms with Crippen LogP contribution in [-0.4, -0.2) is 50.4 Å². The number of alkyl halides is 5. The van der Waals surface area contributed by atoms with E-state index in [2.05, 4.69) is 31.9 Å². The lowest BCUT2D eigenvalue weighted by Gasteiger charge is -2.19. The van der Waals surface area contributed by atoms with Gasteiger partial charge in [-0.2, -0.15) is 27.1 Å². The van der Waals surface area contributed by atoms with Gasteiger partial charge in [-0.15, -0.1) is 5.10 Å². The maximum absolute atomic E-state index is 14.3. The van der Waals surface area contributed by atoms with Crippen molar-refractivity contribution in [2.75, 3.05) is 7.11 Å². The molecule has 0 atom stereocenters. The van der Waals surface area contributed by atoms with E-state index >= 15 is 0 Å². The van der Waals surface area contributed by atoms with Crippen molar-refractivity contribution in [1.82, 2.24) is 19.4 Å². The molecule has 0 aliphatic carbocycles. The Morgan fingerprint density at radius 1 is 1.03 bits per heavy atom. The third-order valence-corrected chi connectivity index (χ3v) is 4.91. The Hall–Kier alpha value is -4.00. The number of hydrogen-bond acceptors (Lipinski definition) is 7. The number of ether oxygens (including phenoxy) is 1. The van der Waals surface area contributed by atoms with Crippen LogP contribution in [0, 0.1) is 0 Å². The van der Waals surface area contributed by atoms with Crippen LogP contribution in [0.2, 0.25) is 0 Å². The third kappa shape index (κ3) is 4.73. The summed E-state index contributed by atoms with van der Waals surface area (Å²) in [6.45, 7) is 6.94. The number of benzene rings is 1. The van der Waals surface area contributed by atoms with Crippen molar-refractivity contribution in [3.05, 3.63) is 59.7 Å². The highest BCUT2D eigenvalue weighted by Gasteiger charge is 2.61. The molecule has 1 aromatic carbocycles. The number of nitrogens with zero attached hydrogens (tertiary/aromatic N) is 6. The van der Waals surface area contributed by atoms with E-state index in [1.165, 1.54) is 54.1 Å². The van der Waals surface area contributed by atoms with Crippen LogP contribution in [0.1, 0.15) is 30.9 Å². The van der Waals surface area contributed by atoms with Crippen molar-refractivity contribution in [1.29, 1.82) is 0 Å². The van der Waals surface area contributed by atoms with Crippen molar-refractivity contribution >= 4 is 29.3 Å². The molecule has 1 N–H and O–H groups in total. The summed E-state index contributed by atoms with van der Waals surface area (Å²) in [4.78, 5) is 11.4. The summed E-state index contributed by atoms with van der Waals surface area (Å²) in [6.07, 6.45) is -4.61. The van der Waals surface area contributed by atoms with E-state index in [0.29, 0.717) is 5.56 Å². The Kier molecular flexibility index (Phi) is 7.62. The number of hydrogen-bond donors (Lipinski definition) is 1. The lowest BCUT2D eigenvalue weighted by molar-refractivity contribution is -0.292. The van der Waals surface area contributed by atoms with Gasteiger partial charge in [0.25, 0.3) is 5.90 Å². The minimum atomic E-state index is -5.92. The molecule has 0 amide bonds. The number of fused-ring (bicyclic) bond motifs is 3. The van der Waals surface area contributed by atoms with Gasteiger partial charge in [0.1, 0.15) is 17.0 Å². The summed E-state index contributed by atoms with van der Waals surface area (Å²) >= 11 is 0. The van der Waals surface area contributed by atoms with Gasteiger partial charge in [-0.3, -0.25) is 4.40 Å². The Labute approximate surface area is 201 Å². The second-order valence-electron chi connectivity index (χ2n) is 7.00. The van der Waals surface area contributed by atoms with Crippen LogP contribution in [0.25, 0.3) is 27.9 Å². The van der Waals surface area contributed by atoms with Crippen LogP contribution < -0.4 is 0 Å². The molecule has 0 bridgehead atoms. The first-order chi connectivity index (χ1) is 17.1. The molecule has 0 spiro atoms. The summed E-state index contributed by atoms with van der Waals surface area (Å²) < 4.78 is 74.5. The Morgan fingerprint density at radius 2 is 1.69 bits per heavy atom. The highest BCUT2D eigenvalue weighted by molar-refractivity contribution is 5.95. The molecule has 4 aromatic rings. The van der Waals surface area contributed by atoms with Crippen molar-refractivity contribution in [2.24, 2.45) is 10.2 Å². The predicted octanol–water partition coefficient (Wildman–Crippen LogP) is 5.13. The van der Waals surface area contributed by atoms with Crippen molar-refractivity contribution in [2.45, 2.75) is 32.6 Å². The summed E-state index contributed by atoms with van der Waals surface area (Å²) in [5.74, 6) is -7.09. The molecule has 0 saturated heterocycles. The molecule has 190 valence electrons. The fourth-order valence-corrected chi connectivity index (χ4v) is 3.25. The molecule has 0 aliphatic rings. The molecule has 0 radical (unpaired) electrons. The molecule has 0 unspecified atom stereocenters. The van der Waals surface area contributed by atoms with Gasteiger partial charge in [-0.25, -0.2) is 15.0 Å². The molecular formula is C23H21F5N6O2. The lowest BCUT2D eigenvalue weighted by atomic mass is 10.1. The first-order valence-corrected chi connectivity index (χ1v) is 10.5. The van der Waals surface area contributed by atoms with E-state index in [0.717, 1.165) is 0 Å². The molecule has 4 rings (SSSR count). The minimum absolute atomic E-state index is 0.0541. The van der Waals surface area contributed by atoms with E-state index in [9.17, 15) is 27.1 Å². The molecule has 0 saturated carbocycles. The van der Waals surface area contributed by atoms with E-state index in [-0.39, 0.29) is 46.1 Å². The Balaban J connectivity index is 0.00000176. The van der Waals surface area contributed by atoms with Crippen LogP contribution in [0.15, 0.2) is 52.8 Å². The molecule has 8 nitrogen and oxygen atoms in total. The Morgan fingerprint density at radius 3 is 2.25 bits per heavy atom. The van der Waals surface area contributed by atoms with Gasteiger partial charge < -0.3 is 9.84 Å². The van der Waals surface area contributed by atoms with Crippen LogP contribution >= 0.6 is 0 Å². The smallest absolute Gasteiger partial charge is 0.461 e. The number of methoxy groups -OCH3 is 1. The number of aliphatic hydroxyl groups excluding tert-OH is 1. The fourth-order valence-electron chi connectivity index (χ4n) is 3.25.